The lowest BCUT2D eigenvalue weighted by Crippen LogP contribution is -2.27. The number of benzene rings is 3. The smallest absolute Gasteiger partial charge is 0.255 e. The lowest BCUT2D eigenvalue weighted by atomic mass is 10.1. The molecule has 2 aliphatic heterocycles. The number of rotatable bonds is 6. The molecule has 0 radical (unpaired) electrons. The van der Waals surface area contributed by atoms with Crippen LogP contribution in [0.2, 0.25) is 0 Å². The summed E-state index contributed by atoms with van der Waals surface area (Å²) in [7, 11) is -3.45. The number of fused-ring (bicyclic) bond motifs is 1. The lowest BCUT2D eigenvalue weighted by Gasteiger charge is -2.19. The van der Waals surface area contributed by atoms with Crippen LogP contribution in [0.4, 0.5) is 11.4 Å². The van der Waals surface area contributed by atoms with Gasteiger partial charge in [0.05, 0.1) is 4.90 Å². The van der Waals surface area contributed by atoms with Crippen LogP contribution in [0, 0.1) is 0 Å². The molecule has 7 heteroatoms. The number of nitrogens with one attached hydrogen (secondary N) is 1. The highest BCUT2D eigenvalue weighted by atomic mass is 32.2. The van der Waals surface area contributed by atoms with Crippen molar-refractivity contribution < 1.29 is 13.2 Å². The van der Waals surface area contributed by atoms with Crippen molar-refractivity contribution in [1.29, 1.82) is 0 Å². The van der Waals surface area contributed by atoms with Crippen molar-refractivity contribution in [1.82, 2.24) is 4.31 Å². The standard InChI is InChI=1S/C26H27N3O3S/c30-26(27-23-11-13-24(14-12-23)33(31,32)29-16-3-4-17-29)22-9-7-20(8-10-22)19-28-18-15-21-5-1-2-6-25(21)28/h1-2,5-14H,3-4,15-19H2,(H,27,30). The van der Waals surface area contributed by atoms with Gasteiger partial charge < -0.3 is 10.2 Å². The van der Waals surface area contributed by atoms with E-state index in [2.05, 4.69) is 34.5 Å². The normalized spacial score (nSPS) is 16.1. The van der Waals surface area contributed by atoms with Crippen molar-refractivity contribution in [2.24, 2.45) is 0 Å². The number of sulfonamides is 1. The quantitative estimate of drug-likeness (QED) is 0.595. The predicted octanol–water partition coefficient (Wildman–Crippen LogP) is 4.29. The molecule has 1 saturated heterocycles. The first kappa shape index (κ1) is 21.7. The molecule has 6 nitrogen and oxygen atoms in total. The van der Waals surface area contributed by atoms with Crippen LogP contribution in [0.5, 0.6) is 0 Å². The molecule has 0 spiro atoms. The summed E-state index contributed by atoms with van der Waals surface area (Å²) in [6.45, 7) is 2.96. The summed E-state index contributed by atoms with van der Waals surface area (Å²) in [5.41, 5.74) is 4.95. The number of hydrogen-bond donors (Lipinski definition) is 1. The van der Waals surface area contributed by atoms with Crippen LogP contribution in [0.1, 0.15) is 34.3 Å². The van der Waals surface area contributed by atoms with Gasteiger partial charge in [-0.3, -0.25) is 4.79 Å². The third-order valence-corrected chi connectivity index (χ3v) is 8.30. The molecule has 3 aromatic carbocycles. The van der Waals surface area contributed by atoms with E-state index in [4.69, 9.17) is 0 Å². The maximum absolute atomic E-state index is 12.7. The van der Waals surface area contributed by atoms with Crippen LogP contribution < -0.4 is 10.2 Å². The molecular formula is C26H27N3O3S. The maximum atomic E-state index is 12.7. The zero-order valence-electron chi connectivity index (χ0n) is 18.4. The zero-order chi connectivity index (χ0) is 22.8. The van der Waals surface area contributed by atoms with Crippen molar-refractivity contribution in [2.75, 3.05) is 29.9 Å². The number of hydrogen-bond acceptors (Lipinski definition) is 4. The Morgan fingerprint density at radius 2 is 1.55 bits per heavy atom. The Bertz CT molecular complexity index is 1250. The molecular weight excluding hydrogens is 434 g/mol. The van der Waals surface area contributed by atoms with E-state index in [0.29, 0.717) is 24.3 Å². The van der Waals surface area contributed by atoms with Gasteiger partial charge in [-0.2, -0.15) is 4.31 Å². The molecule has 1 amide bonds. The topological polar surface area (TPSA) is 69.7 Å². The highest BCUT2D eigenvalue weighted by Crippen LogP contribution is 2.29. The summed E-state index contributed by atoms with van der Waals surface area (Å²) in [4.78, 5) is 15.3. The molecule has 1 N–H and O–H groups in total. The van der Waals surface area contributed by atoms with Crippen LogP contribution >= 0.6 is 0 Å². The second-order valence-electron chi connectivity index (χ2n) is 8.59. The second kappa shape index (κ2) is 9.00. The van der Waals surface area contributed by atoms with E-state index < -0.39 is 10.0 Å². The molecule has 0 aromatic heterocycles. The Hall–Kier alpha value is -3.16. The summed E-state index contributed by atoms with van der Waals surface area (Å²) in [5, 5.41) is 2.85. The van der Waals surface area contributed by atoms with Crippen molar-refractivity contribution in [2.45, 2.75) is 30.7 Å². The molecule has 3 aromatic rings. The van der Waals surface area contributed by atoms with Gasteiger partial charge in [0.1, 0.15) is 0 Å². The first-order valence-electron chi connectivity index (χ1n) is 11.3. The fourth-order valence-corrected chi connectivity index (χ4v) is 6.06. The number of anilines is 2. The van der Waals surface area contributed by atoms with E-state index in [1.165, 1.54) is 15.6 Å². The Morgan fingerprint density at radius 3 is 2.27 bits per heavy atom. The first-order chi connectivity index (χ1) is 16.0. The van der Waals surface area contributed by atoms with Crippen LogP contribution in [-0.2, 0) is 23.0 Å². The molecule has 2 heterocycles. The fraction of sp³-hybridized carbons (Fsp3) is 0.269. The molecule has 33 heavy (non-hydrogen) atoms. The van der Waals surface area contributed by atoms with E-state index in [0.717, 1.165) is 37.9 Å². The van der Waals surface area contributed by atoms with Gasteiger partial charge in [0, 0.05) is 43.1 Å². The summed E-state index contributed by atoms with van der Waals surface area (Å²) in [6.07, 6.45) is 2.86. The molecule has 0 unspecified atom stereocenters. The highest BCUT2D eigenvalue weighted by molar-refractivity contribution is 7.89. The number of carbonyl (C=O) groups is 1. The van der Waals surface area contributed by atoms with Crippen LogP contribution in [0.25, 0.3) is 0 Å². The van der Waals surface area contributed by atoms with Crippen LogP contribution in [0.15, 0.2) is 77.7 Å². The van der Waals surface area contributed by atoms with E-state index >= 15 is 0 Å². The van der Waals surface area contributed by atoms with Gasteiger partial charge in [0.15, 0.2) is 0 Å². The summed E-state index contributed by atoms with van der Waals surface area (Å²) in [5.74, 6) is -0.219. The first-order valence-corrected chi connectivity index (χ1v) is 12.8. The maximum Gasteiger partial charge on any atom is 0.255 e. The van der Waals surface area contributed by atoms with E-state index in [-0.39, 0.29) is 10.8 Å². The number of amides is 1. The molecule has 2 aliphatic rings. The molecule has 5 rings (SSSR count). The van der Waals surface area contributed by atoms with Crippen LogP contribution in [-0.4, -0.2) is 38.3 Å². The van der Waals surface area contributed by atoms with Gasteiger partial charge in [-0.05, 0) is 72.9 Å². The van der Waals surface area contributed by atoms with Gasteiger partial charge in [-0.15, -0.1) is 0 Å². The van der Waals surface area contributed by atoms with Gasteiger partial charge >= 0.3 is 0 Å². The minimum atomic E-state index is -3.45. The molecule has 1 fully saturated rings. The minimum absolute atomic E-state index is 0.219. The van der Waals surface area contributed by atoms with Crippen molar-refractivity contribution in [3.63, 3.8) is 0 Å². The zero-order valence-corrected chi connectivity index (χ0v) is 19.2. The summed E-state index contributed by atoms with van der Waals surface area (Å²) >= 11 is 0. The average Bonchev–Trinajstić information content (AvgIpc) is 3.51. The van der Waals surface area contributed by atoms with Crippen molar-refractivity contribution in [3.8, 4) is 0 Å². The van der Waals surface area contributed by atoms with E-state index in [9.17, 15) is 13.2 Å². The SMILES string of the molecule is O=C(Nc1ccc(S(=O)(=O)N2CCCC2)cc1)c1ccc(CN2CCc3ccccc32)cc1. The number of carbonyl (C=O) groups excluding carboxylic acids is 1. The van der Waals surface area contributed by atoms with Gasteiger partial charge in [0.2, 0.25) is 10.0 Å². The van der Waals surface area contributed by atoms with Crippen LogP contribution in [0.3, 0.4) is 0 Å². The molecule has 170 valence electrons. The molecule has 0 aliphatic carbocycles. The van der Waals surface area contributed by atoms with E-state index in [1.54, 1.807) is 24.3 Å². The largest absolute Gasteiger partial charge is 0.367 e. The molecule has 0 atom stereocenters. The Kier molecular flexibility index (Phi) is 5.91. The van der Waals surface area contributed by atoms with Gasteiger partial charge in [-0.25, -0.2) is 8.42 Å². The summed E-state index contributed by atoms with van der Waals surface area (Å²) in [6, 6.07) is 22.5. The highest BCUT2D eigenvalue weighted by Gasteiger charge is 2.27. The minimum Gasteiger partial charge on any atom is -0.367 e. The number of para-hydroxylation sites is 1. The van der Waals surface area contributed by atoms with Crippen molar-refractivity contribution in [3.05, 3.63) is 89.5 Å². The van der Waals surface area contributed by atoms with Crippen molar-refractivity contribution >= 4 is 27.3 Å². The monoisotopic (exact) mass is 461 g/mol. The molecule has 0 bridgehead atoms. The summed E-state index contributed by atoms with van der Waals surface area (Å²) < 4.78 is 26.8. The Labute approximate surface area is 194 Å². The third-order valence-electron chi connectivity index (χ3n) is 6.39. The molecule has 0 saturated carbocycles. The average molecular weight is 462 g/mol. The Balaban J connectivity index is 1.21. The van der Waals surface area contributed by atoms with Gasteiger partial charge in [-0.1, -0.05) is 30.3 Å². The fourth-order valence-electron chi connectivity index (χ4n) is 4.54. The predicted molar refractivity (Wildman–Crippen MR) is 130 cm³/mol. The lowest BCUT2D eigenvalue weighted by molar-refractivity contribution is 0.102. The van der Waals surface area contributed by atoms with E-state index in [1.807, 2.05) is 24.3 Å². The Morgan fingerprint density at radius 1 is 0.848 bits per heavy atom. The van der Waals surface area contributed by atoms with Gasteiger partial charge in [0.25, 0.3) is 5.91 Å². The number of nitrogens with zero attached hydrogens (tertiary/aromatic N) is 2. The third kappa shape index (κ3) is 4.51. The second-order valence-corrected chi connectivity index (χ2v) is 10.5.